The minimum atomic E-state index is 0.0697. The van der Waals surface area contributed by atoms with Crippen molar-refractivity contribution in [1.82, 2.24) is 0 Å². The molecule has 2 nitrogen and oxygen atoms in total. The number of carbonyl (C=O) groups is 2. The summed E-state index contributed by atoms with van der Waals surface area (Å²) in [5, 5.41) is 4.86. The Morgan fingerprint density at radius 1 is 0.441 bits per heavy atom. The molecule has 5 aliphatic rings. The Kier molecular flexibility index (Phi) is 2.93. The Labute approximate surface area is 196 Å². The van der Waals surface area contributed by atoms with Gasteiger partial charge in [0.25, 0.3) is 0 Å². The summed E-state index contributed by atoms with van der Waals surface area (Å²) in [7, 11) is 0. The molecule has 160 valence electrons. The molecule has 4 bridgehead atoms. The molecule has 9 rings (SSSR count). The van der Waals surface area contributed by atoms with Crippen LogP contribution in [-0.4, -0.2) is 11.6 Å². The van der Waals surface area contributed by atoms with E-state index in [1.807, 2.05) is 0 Å². The van der Waals surface area contributed by atoms with Gasteiger partial charge >= 0.3 is 0 Å². The Morgan fingerprint density at radius 2 is 0.706 bits per heavy atom. The van der Waals surface area contributed by atoms with Crippen LogP contribution < -0.4 is 0 Å². The number of hydrogen-bond acceptors (Lipinski definition) is 2. The van der Waals surface area contributed by atoms with Crippen LogP contribution in [0.3, 0.4) is 0 Å². The van der Waals surface area contributed by atoms with E-state index in [-0.39, 0.29) is 35.2 Å². The predicted molar refractivity (Wildman–Crippen MR) is 132 cm³/mol. The van der Waals surface area contributed by atoms with Crippen molar-refractivity contribution in [3.63, 3.8) is 0 Å². The monoisotopic (exact) mass is 436 g/mol. The van der Waals surface area contributed by atoms with Gasteiger partial charge in [-0.15, -0.1) is 0 Å². The highest BCUT2D eigenvalue weighted by molar-refractivity contribution is 6.29. The molecule has 0 heterocycles. The summed E-state index contributed by atoms with van der Waals surface area (Å²) in [5.41, 5.74) is 8.37. The Morgan fingerprint density at radius 3 is 0.971 bits per heavy atom. The van der Waals surface area contributed by atoms with Gasteiger partial charge in [0.2, 0.25) is 0 Å². The third-order valence-corrected chi connectivity index (χ3v) is 9.30. The molecule has 0 N–H and O–H groups in total. The van der Waals surface area contributed by atoms with Crippen LogP contribution in [0.15, 0.2) is 95.1 Å². The van der Waals surface area contributed by atoms with Crippen molar-refractivity contribution < 1.29 is 9.59 Å². The van der Waals surface area contributed by atoms with Crippen LogP contribution in [0, 0.1) is 0 Å². The van der Waals surface area contributed by atoms with Gasteiger partial charge < -0.3 is 0 Å². The molecule has 4 aromatic rings. The molecule has 0 spiro atoms. The van der Waals surface area contributed by atoms with Crippen molar-refractivity contribution in [3.8, 4) is 0 Å². The van der Waals surface area contributed by atoms with E-state index in [0.29, 0.717) is 0 Å². The van der Waals surface area contributed by atoms with Crippen molar-refractivity contribution in [2.24, 2.45) is 0 Å². The predicted octanol–water partition coefficient (Wildman–Crippen LogP) is 6.61. The minimum absolute atomic E-state index is 0.0697. The average Bonchev–Trinajstić information content (AvgIpc) is 3.62. The number of Topliss-reactive ketones (excluding diaryl/α,β-unsaturated/α-hetero) is 2. The second-order valence-corrected chi connectivity index (χ2v) is 10.7. The third kappa shape index (κ3) is 1.85. The van der Waals surface area contributed by atoms with Crippen LogP contribution in [0.2, 0.25) is 0 Å². The van der Waals surface area contributed by atoms with Crippen molar-refractivity contribution in [2.45, 2.75) is 36.5 Å². The van der Waals surface area contributed by atoms with Gasteiger partial charge in [-0.3, -0.25) is 9.59 Å². The summed E-state index contributed by atoms with van der Waals surface area (Å²) in [6, 6.07) is 25.9. The number of fused-ring (bicyclic) bond motifs is 16. The summed E-state index contributed by atoms with van der Waals surface area (Å²) < 4.78 is 0. The zero-order valence-electron chi connectivity index (χ0n) is 18.5. The van der Waals surface area contributed by atoms with Crippen LogP contribution in [0.25, 0.3) is 21.5 Å². The molecule has 0 saturated heterocycles. The van der Waals surface area contributed by atoms with Gasteiger partial charge in [0.05, 0.1) is 0 Å². The van der Waals surface area contributed by atoms with E-state index >= 15 is 0 Å². The van der Waals surface area contributed by atoms with Gasteiger partial charge in [-0.25, -0.2) is 0 Å². The lowest BCUT2D eigenvalue weighted by atomic mass is 9.70. The molecule has 0 unspecified atom stereocenters. The van der Waals surface area contributed by atoms with E-state index in [4.69, 9.17) is 0 Å². The van der Waals surface area contributed by atoms with Crippen LogP contribution in [0.5, 0.6) is 0 Å². The lowest BCUT2D eigenvalue weighted by Gasteiger charge is -2.31. The normalized spacial score (nSPS) is 27.6. The van der Waals surface area contributed by atoms with E-state index in [2.05, 4.69) is 72.8 Å². The molecule has 0 radical (unpaired) electrons. The van der Waals surface area contributed by atoms with E-state index in [0.717, 1.165) is 35.1 Å². The molecule has 34 heavy (non-hydrogen) atoms. The van der Waals surface area contributed by atoms with Gasteiger partial charge in [-0.2, -0.15) is 0 Å². The average molecular weight is 437 g/mol. The first kappa shape index (κ1) is 17.7. The standard InChI is InChI=1S/C32H20O2/c33-31-27-23-13-24(20-10-16-6-2-1-5-15(16)9-19(20)23)28(27)32(34)30-26-14-25(29(30)31)21-11-17-7-3-4-8-18(17)12-22(21)26/h1-12,23-26H,13-14H2/t23-,24+,25-,26+. The van der Waals surface area contributed by atoms with Crippen LogP contribution in [-0.2, 0) is 9.59 Å². The number of ketones is 2. The topological polar surface area (TPSA) is 34.1 Å². The number of rotatable bonds is 0. The molecule has 2 heteroatoms. The van der Waals surface area contributed by atoms with Crippen molar-refractivity contribution in [1.29, 1.82) is 0 Å². The van der Waals surface area contributed by atoms with E-state index in [1.54, 1.807) is 0 Å². The number of carbonyl (C=O) groups excluding carboxylic acids is 2. The Hall–Kier alpha value is -3.78. The number of allylic oxidation sites excluding steroid dienone is 4. The largest absolute Gasteiger partial charge is 0.289 e. The maximum Gasteiger partial charge on any atom is 0.187 e. The highest BCUT2D eigenvalue weighted by Gasteiger charge is 2.57. The first-order chi connectivity index (χ1) is 16.7. The number of hydrogen-bond donors (Lipinski definition) is 0. The molecule has 0 aromatic heterocycles. The molecule has 0 aliphatic heterocycles. The Balaban J connectivity index is 1.22. The SMILES string of the molecule is O=C1C2=C(C(=O)C3=C1[C@H]1C[C@@H]3c3cc4ccccc4cc31)[C@@H]1C[C@H]2c2cc3ccccc3cc21. The fourth-order valence-corrected chi connectivity index (χ4v) is 7.99. The first-order valence-electron chi connectivity index (χ1n) is 12.3. The highest BCUT2D eigenvalue weighted by Crippen LogP contribution is 2.65. The fourth-order valence-electron chi connectivity index (χ4n) is 7.99. The smallest absolute Gasteiger partial charge is 0.187 e. The minimum Gasteiger partial charge on any atom is -0.289 e. The molecular weight excluding hydrogens is 416 g/mol. The van der Waals surface area contributed by atoms with E-state index < -0.39 is 0 Å². The molecule has 0 amide bonds. The molecule has 0 saturated carbocycles. The molecule has 5 aliphatic carbocycles. The molecular formula is C32H20O2. The zero-order chi connectivity index (χ0) is 22.3. The quantitative estimate of drug-likeness (QED) is 0.291. The van der Waals surface area contributed by atoms with Gasteiger partial charge in [0.1, 0.15) is 0 Å². The summed E-state index contributed by atoms with van der Waals surface area (Å²) in [5.74, 6) is 0.616. The van der Waals surface area contributed by atoms with Crippen molar-refractivity contribution >= 4 is 33.1 Å². The second-order valence-electron chi connectivity index (χ2n) is 10.7. The van der Waals surface area contributed by atoms with Crippen LogP contribution in [0.1, 0.15) is 58.8 Å². The summed E-state index contributed by atoms with van der Waals surface area (Å²) in [6.45, 7) is 0. The summed E-state index contributed by atoms with van der Waals surface area (Å²) in [6.07, 6.45) is 1.75. The van der Waals surface area contributed by atoms with Crippen LogP contribution >= 0.6 is 0 Å². The Bertz CT molecular complexity index is 1510. The van der Waals surface area contributed by atoms with Crippen molar-refractivity contribution in [3.05, 3.63) is 117 Å². The second kappa shape index (κ2) is 5.64. The van der Waals surface area contributed by atoms with Crippen LogP contribution in [0.4, 0.5) is 0 Å². The maximum atomic E-state index is 14.1. The fraction of sp³-hybridized carbons (Fsp3) is 0.188. The molecule has 0 fully saturated rings. The maximum absolute atomic E-state index is 14.1. The summed E-state index contributed by atoms with van der Waals surface area (Å²) >= 11 is 0. The van der Waals surface area contributed by atoms with Crippen molar-refractivity contribution in [2.75, 3.05) is 0 Å². The van der Waals surface area contributed by atoms with Gasteiger partial charge in [0, 0.05) is 46.0 Å². The number of benzene rings is 4. The molecule has 4 aromatic carbocycles. The zero-order valence-corrected chi connectivity index (χ0v) is 18.5. The summed E-state index contributed by atoms with van der Waals surface area (Å²) in [4.78, 5) is 28.2. The van der Waals surface area contributed by atoms with E-state index in [9.17, 15) is 9.59 Å². The first-order valence-corrected chi connectivity index (χ1v) is 12.3. The van der Waals surface area contributed by atoms with Gasteiger partial charge in [-0.1, -0.05) is 72.8 Å². The lowest BCUT2D eigenvalue weighted by molar-refractivity contribution is -0.116. The highest BCUT2D eigenvalue weighted by atomic mass is 16.1. The molecule has 4 atom stereocenters. The third-order valence-electron chi connectivity index (χ3n) is 9.30. The van der Waals surface area contributed by atoms with Gasteiger partial charge in [-0.05, 0) is 56.6 Å². The van der Waals surface area contributed by atoms with E-state index in [1.165, 1.54) is 43.8 Å². The lowest BCUT2D eigenvalue weighted by Crippen LogP contribution is -2.29. The van der Waals surface area contributed by atoms with Gasteiger partial charge in [0.15, 0.2) is 11.6 Å².